The van der Waals surface area contributed by atoms with E-state index in [1.54, 1.807) is 13.2 Å². The average molecular weight is 287 g/mol. The van der Waals surface area contributed by atoms with Crippen LogP contribution in [0.1, 0.15) is 0 Å². The Kier molecular flexibility index (Phi) is 4.10. The lowest BCUT2D eigenvalue weighted by Gasteiger charge is -2.04. The molecule has 6 heteroatoms. The minimum atomic E-state index is 0.324. The van der Waals surface area contributed by atoms with Crippen molar-refractivity contribution in [3.8, 4) is 5.75 Å². The van der Waals surface area contributed by atoms with Crippen molar-refractivity contribution in [2.75, 3.05) is 7.11 Å². The molecule has 0 spiro atoms. The molecule has 2 rings (SSSR count). The fourth-order valence-electron chi connectivity index (χ4n) is 1.18. The first-order valence-corrected chi connectivity index (χ1v) is 6.27. The summed E-state index contributed by atoms with van der Waals surface area (Å²) in [4.78, 5) is 1.80. The topological polar surface area (TPSA) is 35.0 Å². The van der Waals surface area contributed by atoms with E-state index in [0.717, 1.165) is 15.5 Å². The Morgan fingerprint density at radius 2 is 1.82 bits per heavy atom. The highest BCUT2D eigenvalue weighted by Crippen LogP contribution is 2.33. The van der Waals surface area contributed by atoms with Crippen molar-refractivity contribution in [2.45, 2.75) is 9.79 Å². The second kappa shape index (κ2) is 5.58. The van der Waals surface area contributed by atoms with E-state index in [1.165, 1.54) is 11.8 Å². The predicted octanol–water partition coefficient (Wildman–Crippen LogP) is 3.94. The maximum absolute atomic E-state index is 5.93. The Bertz CT molecular complexity index is 519. The molecule has 3 nitrogen and oxygen atoms in total. The molecule has 0 amide bonds. The van der Waals surface area contributed by atoms with Gasteiger partial charge in [0.15, 0.2) is 10.3 Å². The molecule has 1 aromatic heterocycles. The normalized spacial score (nSPS) is 10.3. The van der Waals surface area contributed by atoms with Crippen LogP contribution in [0.3, 0.4) is 0 Å². The second-order valence-corrected chi connectivity index (χ2v) is 4.96. The number of aromatic nitrogens is 2. The van der Waals surface area contributed by atoms with Gasteiger partial charge in [0.25, 0.3) is 0 Å². The summed E-state index contributed by atoms with van der Waals surface area (Å²) < 4.78 is 5.08. The van der Waals surface area contributed by atoms with Crippen LogP contribution in [0, 0.1) is 0 Å². The van der Waals surface area contributed by atoms with Gasteiger partial charge in [-0.15, -0.1) is 10.2 Å². The van der Waals surface area contributed by atoms with E-state index in [9.17, 15) is 0 Å². The zero-order valence-electron chi connectivity index (χ0n) is 8.85. The number of rotatable bonds is 3. The summed E-state index contributed by atoms with van der Waals surface area (Å²) in [5, 5.41) is 8.07. The molecule has 0 fully saturated rings. The average Bonchev–Trinajstić information content (AvgIpc) is 2.35. The van der Waals surface area contributed by atoms with Crippen molar-refractivity contribution in [3.05, 3.63) is 40.6 Å². The van der Waals surface area contributed by atoms with Gasteiger partial charge < -0.3 is 4.74 Å². The molecule has 0 radical (unpaired) electrons. The Labute approximate surface area is 113 Å². The molecule has 17 heavy (non-hydrogen) atoms. The molecule has 88 valence electrons. The van der Waals surface area contributed by atoms with Crippen molar-refractivity contribution in [1.29, 1.82) is 0 Å². The Morgan fingerprint density at radius 3 is 2.47 bits per heavy atom. The van der Waals surface area contributed by atoms with Crippen LogP contribution < -0.4 is 4.74 Å². The van der Waals surface area contributed by atoms with E-state index in [1.807, 2.05) is 24.3 Å². The quantitative estimate of drug-likeness (QED) is 0.856. The summed E-state index contributed by atoms with van der Waals surface area (Å²) in [7, 11) is 1.63. The van der Waals surface area contributed by atoms with Crippen molar-refractivity contribution in [3.63, 3.8) is 0 Å². The van der Waals surface area contributed by atoms with Gasteiger partial charge >= 0.3 is 0 Å². The monoisotopic (exact) mass is 286 g/mol. The van der Waals surface area contributed by atoms with Crippen molar-refractivity contribution >= 4 is 35.0 Å². The Hall–Kier alpha value is -0.970. The number of hydrogen-bond donors (Lipinski definition) is 0. The lowest BCUT2D eigenvalue weighted by atomic mass is 10.3. The smallest absolute Gasteiger partial charge is 0.165 e. The zero-order valence-corrected chi connectivity index (χ0v) is 11.2. The highest BCUT2D eigenvalue weighted by atomic mass is 35.5. The van der Waals surface area contributed by atoms with Gasteiger partial charge in [0.05, 0.1) is 12.0 Å². The number of nitrogens with zero attached hydrogens (tertiary/aromatic N) is 2. The van der Waals surface area contributed by atoms with E-state index < -0.39 is 0 Å². The number of ether oxygens (including phenoxy) is 1. The molecule has 0 bridgehead atoms. The summed E-state index contributed by atoms with van der Waals surface area (Å²) >= 11 is 13.2. The van der Waals surface area contributed by atoms with Crippen molar-refractivity contribution < 1.29 is 4.74 Å². The first-order valence-electron chi connectivity index (χ1n) is 4.69. The summed E-state index contributed by atoms with van der Waals surface area (Å²) in [5.74, 6) is 0.811. The fraction of sp³-hybridized carbons (Fsp3) is 0.0909. The van der Waals surface area contributed by atoms with Crippen LogP contribution in [0.4, 0.5) is 0 Å². The lowest BCUT2D eigenvalue weighted by molar-refractivity contribution is 0.414. The minimum absolute atomic E-state index is 0.324. The molecule has 1 heterocycles. The summed E-state index contributed by atoms with van der Waals surface area (Å²) in [6, 6.07) is 9.33. The van der Waals surface area contributed by atoms with Gasteiger partial charge in [-0.1, -0.05) is 35.0 Å². The molecular formula is C11H8Cl2N2OS. The molecule has 0 aliphatic rings. The third kappa shape index (κ3) is 3.25. The number of halogens is 2. The van der Waals surface area contributed by atoms with Gasteiger partial charge in [0.2, 0.25) is 0 Å². The molecule has 0 unspecified atom stereocenters. The molecule has 0 saturated carbocycles. The first kappa shape index (κ1) is 12.5. The third-order valence-corrected chi connectivity index (χ3v) is 3.59. The Balaban J connectivity index is 2.22. The largest absolute Gasteiger partial charge is 0.497 e. The molecule has 0 atom stereocenters. The zero-order chi connectivity index (χ0) is 12.3. The maximum Gasteiger partial charge on any atom is 0.165 e. The highest BCUT2D eigenvalue weighted by Gasteiger charge is 2.06. The van der Waals surface area contributed by atoms with E-state index in [2.05, 4.69) is 10.2 Å². The third-order valence-electron chi connectivity index (χ3n) is 1.97. The van der Waals surface area contributed by atoms with Gasteiger partial charge in [-0.05, 0) is 30.3 Å². The number of benzene rings is 1. The summed E-state index contributed by atoms with van der Waals surface area (Å²) in [6.07, 6.45) is 0. The first-order chi connectivity index (χ1) is 8.19. The highest BCUT2D eigenvalue weighted by molar-refractivity contribution is 7.99. The van der Waals surface area contributed by atoms with E-state index in [4.69, 9.17) is 27.9 Å². The lowest BCUT2D eigenvalue weighted by Crippen LogP contribution is -1.86. The van der Waals surface area contributed by atoms with Crippen LogP contribution in [-0.4, -0.2) is 17.3 Å². The summed E-state index contributed by atoms with van der Waals surface area (Å²) in [6.45, 7) is 0. The Morgan fingerprint density at radius 1 is 1.12 bits per heavy atom. The van der Waals surface area contributed by atoms with Gasteiger partial charge in [-0.3, -0.25) is 0 Å². The maximum atomic E-state index is 5.93. The standard InChI is InChI=1S/C11H8Cl2N2OS/c1-16-7-2-4-8(5-3-7)17-9-6-10(12)14-15-11(9)13/h2-6H,1H3. The van der Waals surface area contributed by atoms with Gasteiger partial charge in [0.1, 0.15) is 5.75 Å². The number of hydrogen-bond acceptors (Lipinski definition) is 4. The minimum Gasteiger partial charge on any atom is -0.497 e. The molecule has 0 saturated heterocycles. The van der Waals surface area contributed by atoms with Crippen LogP contribution in [-0.2, 0) is 0 Å². The number of methoxy groups -OCH3 is 1. The molecule has 0 aliphatic carbocycles. The van der Waals surface area contributed by atoms with Crippen molar-refractivity contribution in [2.24, 2.45) is 0 Å². The molecule has 0 aliphatic heterocycles. The fourth-order valence-corrected chi connectivity index (χ4v) is 2.42. The predicted molar refractivity (Wildman–Crippen MR) is 69.2 cm³/mol. The van der Waals surface area contributed by atoms with Gasteiger partial charge in [-0.25, -0.2) is 0 Å². The van der Waals surface area contributed by atoms with E-state index >= 15 is 0 Å². The van der Waals surface area contributed by atoms with Gasteiger partial charge in [-0.2, -0.15) is 0 Å². The van der Waals surface area contributed by atoms with Crippen LogP contribution in [0.5, 0.6) is 5.75 Å². The van der Waals surface area contributed by atoms with Crippen LogP contribution in [0.2, 0.25) is 10.3 Å². The van der Waals surface area contributed by atoms with Crippen LogP contribution >= 0.6 is 35.0 Å². The van der Waals surface area contributed by atoms with Crippen LogP contribution in [0.25, 0.3) is 0 Å². The second-order valence-electron chi connectivity index (χ2n) is 3.10. The molecule has 0 N–H and O–H groups in total. The summed E-state index contributed by atoms with van der Waals surface area (Å²) in [5.41, 5.74) is 0. The van der Waals surface area contributed by atoms with Gasteiger partial charge in [0, 0.05) is 4.90 Å². The van der Waals surface area contributed by atoms with Crippen LogP contribution in [0.15, 0.2) is 40.1 Å². The molecular weight excluding hydrogens is 279 g/mol. The van der Waals surface area contributed by atoms with Crippen molar-refractivity contribution in [1.82, 2.24) is 10.2 Å². The SMILES string of the molecule is COc1ccc(Sc2cc(Cl)nnc2Cl)cc1. The van der Waals surface area contributed by atoms with E-state index in [-0.39, 0.29) is 0 Å². The molecule has 1 aromatic carbocycles. The van der Waals surface area contributed by atoms with E-state index in [0.29, 0.717) is 10.3 Å². The molecule has 2 aromatic rings.